The van der Waals surface area contributed by atoms with E-state index in [0.29, 0.717) is 5.82 Å². The second kappa shape index (κ2) is 4.39. The Labute approximate surface area is 91.8 Å². The fourth-order valence-electron chi connectivity index (χ4n) is 1.18. The summed E-state index contributed by atoms with van der Waals surface area (Å²) in [6.45, 7) is 0. The van der Waals surface area contributed by atoms with Crippen LogP contribution in [-0.4, -0.2) is 21.0 Å². The second-order valence-corrected chi connectivity index (χ2v) is 3.10. The predicted octanol–water partition coefficient (Wildman–Crippen LogP) is 1.43. The fourth-order valence-corrected chi connectivity index (χ4v) is 1.18. The van der Waals surface area contributed by atoms with Crippen molar-refractivity contribution in [3.8, 4) is 5.75 Å². The van der Waals surface area contributed by atoms with Gasteiger partial charge in [-0.25, -0.2) is 4.98 Å². The molecule has 2 aromatic rings. The Morgan fingerprint density at radius 3 is 2.88 bits per heavy atom. The topological polar surface area (TPSA) is 75.1 Å². The summed E-state index contributed by atoms with van der Waals surface area (Å²) in [5, 5.41) is 11.8. The fraction of sp³-hybridized carbons (Fsp3) is 0. The lowest BCUT2D eigenvalue weighted by molar-refractivity contribution is 0.102. The third-order valence-corrected chi connectivity index (χ3v) is 1.89. The number of nitrogens with zero attached hydrogens (tertiary/aromatic N) is 2. The molecule has 0 spiro atoms. The molecule has 0 saturated heterocycles. The van der Waals surface area contributed by atoms with Gasteiger partial charge in [0, 0.05) is 12.4 Å². The zero-order chi connectivity index (χ0) is 11.4. The number of rotatable bonds is 2. The van der Waals surface area contributed by atoms with E-state index in [4.69, 9.17) is 5.11 Å². The third kappa shape index (κ3) is 2.33. The number of carbonyl (C=O) groups is 1. The molecule has 0 bridgehead atoms. The molecule has 0 atom stereocenters. The number of pyridine rings is 2. The Balaban J connectivity index is 2.15. The van der Waals surface area contributed by atoms with Crippen LogP contribution in [-0.2, 0) is 0 Å². The maximum absolute atomic E-state index is 11.7. The highest BCUT2D eigenvalue weighted by atomic mass is 16.3. The minimum atomic E-state index is -0.359. The van der Waals surface area contributed by atoms with Crippen LogP contribution in [0.4, 0.5) is 5.82 Å². The zero-order valence-electron chi connectivity index (χ0n) is 8.29. The summed E-state index contributed by atoms with van der Waals surface area (Å²) >= 11 is 0. The highest BCUT2D eigenvalue weighted by Gasteiger charge is 2.07. The highest BCUT2D eigenvalue weighted by Crippen LogP contribution is 2.10. The van der Waals surface area contributed by atoms with Crippen molar-refractivity contribution in [2.45, 2.75) is 0 Å². The van der Waals surface area contributed by atoms with Crippen LogP contribution in [0.15, 0.2) is 42.9 Å². The summed E-state index contributed by atoms with van der Waals surface area (Å²) < 4.78 is 0. The van der Waals surface area contributed by atoms with Gasteiger partial charge in [-0.1, -0.05) is 6.07 Å². The van der Waals surface area contributed by atoms with E-state index in [-0.39, 0.29) is 17.2 Å². The van der Waals surface area contributed by atoms with E-state index in [1.165, 1.54) is 18.5 Å². The van der Waals surface area contributed by atoms with Crippen molar-refractivity contribution in [2.75, 3.05) is 5.32 Å². The van der Waals surface area contributed by atoms with Crippen LogP contribution in [0.1, 0.15) is 10.4 Å². The first-order valence-corrected chi connectivity index (χ1v) is 4.62. The molecule has 0 fully saturated rings. The van der Waals surface area contributed by atoms with Crippen LogP contribution in [0.25, 0.3) is 0 Å². The lowest BCUT2D eigenvalue weighted by Gasteiger charge is -2.03. The van der Waals surface area contributed by atoms with Crippen LogP contribution >= 0.6 is 0 Å². The number of aromatic nitrogens is 2. The molecule has 5 nitrogen and oxygen atoms in total. The quantitative estimate of drug-likeness (QED) is 0.794. The summed E-state index contributed by atoms with van der Waals surface area (Å²) in [6, 6.07) is 6.54. The van der Waals surface area contributed by atoms with Crippen molar-refractivity contribution in [1.29, 1.82) is 0 Å². The molecule has 1 amide bonds. The molecule has 80 valence electrons. The lowest BCUT2D eigenvalue weighted by atomic mass is 10.2. The molecule has 0 aromatic carbocycles. The summed E-state index contributed by atoms with van der Waals surface area (Å²) in [5.41, 5.74) is 0.283. The summed E-state index contributed by atoms with van der Waals surface area (Å²) in [7, 11) is 0. The van der Waals surface area contributed by atoms with Crippen molar-refractivity contribution in [3.05, 3.63) is 48.4 Å². The van der Waals surface area contributed by atoms with E-state index in [2.05, 4.69) is 15.3 Å². The van der Waals surface area contributed by atoms with Gasteiger partial charge < -0.3 is 10.4 Å². The molecule has 2 heterocycles. The molecule has 0 radical (unpaired) electrons. The average Bonchev–Trinajstić information content (AvgIpc) is 2.30. The Kier molecular flexibility index (Phi) is 2.77. The first kappa shape index (κ1) is 10.1. The van der Waals surface area contributed by atoms with E-state index in [1.54, 1.807) is 24.4 Å². The van der Waals surface area contributed by atoms with Gasteiger partial charge in [0.25, 0.3) is 5.91 Å². The number of aromatic hydroxyl groups is 1. The number of nitrogens with one attached hydrogen (secondary N) is 1. The SMILES string of the molecule is O=C(Nc1ccccn1)c1cncc(O)c1. The maximum Gasteiger partial charge on any atom is 0.258 e. The van der Waals surface area contributed by atoms with Crippen LogP contribution in [0.3, 0.4) is 0 Å². The number of anilines is 1. The minimum absolute atomic E-state index is 0.0475. The van der Waals surface area contributed by atoms with Crippen molar-refractivity contribution in [2.24, 2.45) is 0 Å². The smallest absolute Gasteiger partial charge is 0.258 e. The van der Waals surface area contributed by atoms with Gasteiger partial charge in [0.15, 0.2) is 0 Å². The number of amides is 1. The Bertz CT molecular complexity index is 500. The van der Waals surface area contributed by atoms with E-state index < -0.39 is 0 Å². The second-order valence-electron chi connectivity index (χ2n) is 3.10. The van der Waals surface area contributed by atoms with Crippen molar-refractivity contribution in [3.63, 3.8) is 0 Å². The zero-order valence-corrected chi connectivity index (χ0v) is 8.29. The maximum atomic E-state index is 11.7. The van der Waals surface area contributed by atoms with E-state index in [1.807, 2.05) is 0 Å². The van der Waals surface area contributed by atoms with Gasteiger partial charge in [-0.15, -0.1) is 0 Å². The molecule has 5 heteroatoms. The van der Waals surface area contributed by atoms with E-state index in [0.717, 1.165) is 0 Å². The summed E-state index contributed by atoms with van der Waals surface area (Å²) in [5.74, 6) is 0.0478. The number of hydrogen-bond donors (Lipinski definition) is 2. The van der Waals surface area contributed by atoms with Gasteiger partial charge in [0.05, 0.1) is 11.8 Å². The van der Waals surface area contributed by atoms with Crippen molar-refractivity contribution >= 4 is 11.7 Å². The van der Waals surface area contributed by atoms with Crippen LogP contribution < -0.4 is 5.32 Å². The third-order valence-electron chi connectivity index (χ3n) is 1.89. The van der Waals surface area contributed by atoms with Gasteiger partial charge in [-0.3, -0.25) is 9.78 Å². The van der Waals surface area contributed by atoms with Crippen LogP contribution in [0, 0.1) is 0 Å². The van der Waals surface area contributed by atoms with E-state index in [9.17, 15) is 4.79 Å². The van der Waals surface area contributed by atoms with E-state index >= 15 is 0 Å². The number of carbonyl (C=O) groups excluding carboxylic acids is 1. The predicted molar refractivity (Wildman–Crippen MR) is 58.1 cm³/mol. The van der Waals surface area contributed by atoms with Gasteiger partial charge >= 0.3 is 0 Å². The molecule has 0 saturated carbocycles. The molecule has 0 aliphatic carbocycles. The molecule has 2 rings (SSSR count). The largest absolute Gasteiger partial charge is 0.506 e. The monoisotopic (exact) mass is 215 g/mol. The van der Waals surface area contributed by atoms with Crippen molar-refractivity contribution < 1.29 is 9.90 Å². The standard InChI is InChI=1S/C11H9N3O2/c15-9-5-8(6-12-7-9)11(16)14-10-3-1-2-4-13-10/h1-7,15H,(H,13,14,16). The van der Waals surface area contributed by atoms with Gasteiger partial charge in [-0.2, -0.15) is 0 Å². The first-order chi connectivity index (χ1) is 7.75. The Morgan fingerprint density at radius 2 is 2.19 bits per heavy atom. The molecular weight excluding hydrogens is 206 g/mol. The molecule has 2 aromatic heterocycles. The van der Waals surface area contributed by atoms with Gasteiger partial charge in [0.1, 0.15) is 11.6 Å². The summed E-state index contributed by atoms with van der Waals surface area (Å²) in [6.07, 6.45) is 4.21. The molecule has 16 heavy (non-hydrogen) atoms. The van der Waals surface area contributed by atoms with Gasteiger partial charge in [0.2, 0.25) is 0 Å². The van der Waals surface area contributed by atoms with Crippen LogP contribution in [0.2, 0.25) is 0 Å². The number of hydrogen-bond acceptors (Lipinski definition) is 4. The highest BCUT2D eigenvalue weighted by molar-refractivity contribution is 6.03. The van der Waals surface area contributed by atoms with Crippen LogP contribution in [0.5, 0.6) is 5.75 Å². The molecule has 0 aliphatic rings. The first-order valence-electron chi connectivity index (χ1n) is 4.62. The Hall–Kier alpha value is -2.43. The molecule has 0 unspecified atom stereocenters. The Morgan fingerprint density at radius 1 is 1.31 bits per heavy atom. The molecular formula is C11H9N3O2. The minimum Gasteiger partial charge on any atom is -0.506 e. The molecule has 0 aliphatic heterocycles. The normalized spacial score (nSPS) is 9.75. The van der Waals surface area contributed by atoms with Crippen molar-refractivity contribution in [1.82, 2.24) is 9.97 Å². The molecule has 2 N–H and O–H groups in total. The average molecular weight is 215 g/mol. The van der Waals surface area contributed by atoms with Gasteiger partial charge in [-0.05, 0) is 18.2 Å². The summed E-state index contributed by atoms with van der Waals surface area (Å²) in [4.78, 5) is 19.3. The lowest BCUT2D eigenvalue weighted by Crippen LogP contribution is -2.12.